The minimum Gasteiger partial charge on any atom is -0.369 e. The standard InChI is InChI=1S/C4H8N2S4.HO3P/c7-3(8)5-1-2-6-4(9)10;1-4(2)3/h1-2H2,(H2,5,7,8)(H2,6,9,10);(H-,1,2,3)/p+1. The molecule has 0 aromatic rings. The third-order valence-corrected chi connectivity index (χ3v) is 1.28. The van der Waals surface area contributed by atoms with Crippen LogP contribution in [0.3, 0.4) is 0 Å². The molecule has 0 aliphatic heterocycles. The van der Waals surface area contributed by atoms with Crippen LogP contribution in [0.1, 0.15) is 0 Å². The van der Waals surface area contributed by atoms with Crippen molar-refractivity contribution in [2.24, 2.45) is 0 Å². The number of nitrogens with one attached hydrogen (secondary N) is 2. The van der Waals surface area contributed by atoms with Crippen molar-refractivity contribution in [1.29, 1.82) is 0 Å². The van der Waals surface area contributed by atoms with Gasteiger partial charge in [-0.2, -0.15) is 0 Å². The van der Waals surface area contributed by atoms with Gasteiger partial charge in [-0.25, -0.2) is 0 Å². The molecule has 14 heavy (non-hydrogen) atoms. The van der Waals surface area contributed by atoms with Crippen molar-refractivity contribution in [2.75, 3.05) is 13.1 Å². The summed E-state index contributed by atoms with van der Waals surface area (Å²) >= 11 is 17.0. The van der Waals surface area contributed by atoms with Crippen molar-refractivity contribution >= 4 is 66.6 Å². The van der Waals surface area contributed by atoms with Crippen molar-refractivity contribution in [3.63, 3.8) is 0 Å². The topological polar surface area (TPSA) is 81.6 Å². The second-order valence-electron chi connectivity index (χ2n) is 1.72. The van der Waals surface area contributed by atoms with Gasteiger partial charge < -0.3 is 10.6 Å². The lowest BCUT2D eigenvalue weighted by molar-refractivity contribution is 0.405. The largest absolute Gasteiger partial charge is 0.692 e. The monoisotopic (exact) mass is 293 g/mol. The zero-order chi connectivity index (χ0) is 11.6. The second kappa shape index (κ2) is 11.6. The molecule has 0 fully saturated rings. The Bertz CT molecular complexity index is 195. The minimum absolute atomic E-state index is 0.492. The Balaban J connectivity index is 0. The van der Waals surface area contributed by atoms with Gasteiger partial charge in [0.2, 0.25) is 0 Å². The SMILES string of the molecule is O=[P+](O)O.S=C(S)NCCNC(=S)S. The smallest absolute Gasteiger partial charge is 0.369 e. The van der Waals surface area contributed by atoms with Crippen molar-refractivity contribution in [2.45, 2.75) is 0 Å². The predicted molar refractivity (Wildman–Crippen MR) is 71.2 cm³/mol. The van der Waals surface area contributed by atoms with Gasteiger partial charge in [-0.1, -0.05) is 24.4 Å². The van der Waals surface area contributed by atoms with E-state index in [2.05, 4.69) is 60.3 Å². The van der Waals surface area contributed by atoms with Gasteiger partial charge in [0.15, 0.2) is 0 Å². The summed E-state index contributed by atoms with van der Waals surface area (Å²) in [5, 5.41) is 5.68. The van der Waals surface area contributed by atoms with Crippen LogP contribution in [-0.2, 0) is 4.57 Å². The fourth-order valence-corrected chi connectivity index (χ4v) is 0.767. The molecule has 0 saturated heterocycles. The Kier molecular flexibility index (Phi) is 14.0. The summed E-state index contributed by atoms with van der Waals surface area (Å²) in [4.78, 5) is 14.2. The van der Waals surface area contributed by atoms with E-state index in [0.29, 0.717) is 21.7 Å². The van der Waals surface area contributed by atoms with E-state index in [1.54, 1.807) is 0 Å². The lowest BCUT2D eigenvalue weighted by Gasteiger charge is -2.03. The highest BCUT2D eigenvalue weighted by Gasteiger charge is 1.93. The molecule has 0 amide bonds. The first-order chi connectivity index (χ1) is 6.36. The van der Waals surface area contributed by atoms with Crippen LogP contribution in [0.2, 0.25) is 0 Å². The zero-order valence-corrected chi connectivity index (χ0v) is 11.2. The Morgan fingerprint density at radius 2 is 1.36 bits per heavy atom. The van der Waals surface area contributed by atoms with Gasteiger partial charge in [-0.05, 0) is 0 Å². The van der Waals surface area contributed by atoms with Gasteiger partial charge in [0.25, 0.3) is 0 Å². The van der Waals surface area contributed by atoms with Crippen LogP contribution in [0.4, 0.5) is 0 Å². The van der Waals surface area contributed by atoms with Crippen molar-refractivity contribution in [1.82, 2.24) is 10.6 Å². The van der Waals surface area contributed by atoms with Crippen molar-refractivity contribution < 1.29 is 14.4 Å². The average Bonchev–Trinajstić information content (AvgIpc) is 1.96. The van der Waals surface area contributed by atoms with Crippen LogP contribution in [0.25, 0.3) is 0 Å². The van der Waals surface area contributed by atoms with E-state index in [1.165, 1.54) is 0 Å². The Morgan fingerprint density at radius 1 is 1.14 bits per heavy atom. The van der Waals surface area contributed by atoms with Crippen molar-refractivity contribution in [3.8, 4) is 0 Å². The number of thiol groups is 2. The normalized spacial score (nSPS) is 8.00. The lowest BCUT2D eigenvalue weighted by Crippen LogP contribution is -2.29. The van der Waals surface area contributed by atoms with Crippen LogP contribution in [0.5, 0.6) is 0 Å². The first kappa shape index (κ1) is 16.9. The summed E-state index contributed by atoms with van der Waals surface area (Å²) in [5.74, 6) is 0. The minimum atomic E-state index is -2.87. The van der Waals surface area contributed by atoms with E-state index in [0.717, 1.165) is 0 Å². The van der Waals surface area contributed by atoms with E-state index in [-0.39, 0.29) is 0 Å². The summed E-state index contributed by atoms with van der Waals surface area (Å²) in [6.45, 7) is 1.42. The van der Waals surface area contributed by atoms with Crippen molar-refractivity contribution in [3.05, 3.63) is 0 Å². The van der Waals surface area contributed by atoms with Gasteiger partial charge in [0.1, 0.15) is 8.64 Å². The van der Waals surface area contributed by atoms with Crippen LogP contribution < -0.4 is 10.6 Å². The molecule has 5 nitrogen and oxygen atoms in total. The summed E-state index contributed by atoms with van der Waals surface area (Å²) in [7, 11) is -2.87. The summed E-state index contributed by atoms with van der Waals surface area (Å²) in [5.41, 5.74) is 0. The molecular weight excluding hydrogens is 283 g/mol. The van der Waals surface area contributed by atoms with Gasteiger partial charge in [0, 0.05) is 17.7 Å². The third kappa shape index (κ3) is 29.4. The Hall–Kier alpha value is 0.500. The molecule has 82 valence electrons. The first-order valence-corrected chi connectivity index (χ1v) is 6.02. The Morgan fingerprint density at radius 3 is 1.50 bits per heavy atom. The number of rotatable bonds is 3. The summed E-state index contributed by atoms with van der Waals surface area (Å²) in [6, 6.07) is 0. The maximum atomic E-state index is 8.70. The van der Waals surface area contributed by atoms with E-state index < -0.39 is 8.25 Å². The van der Waals surface area contributed by atoms with Gasteiger partial charge in [-0.3, -0.25) is 0 Å². The molecular formula is C4H10N2O3PS4+. The quantitative estimate of drug-likeness (QED) is 0.192. The third-order valence-electron chi connectivity index (χ3n) is 0.677. The fraction of sp³-hybridized carbons (Fsp3) is 0.500. The molecule has 0 heterocycles. The highest BCUT2D eigenvalue weighted by Crippen LogP contribution is 1.98. The van der Waals surface area contributed by atoms with Crippen LogP contribution in [0.15, 0.2) is 0 Å². The summed E-state index contributed by atoms with van der Waals surface area (Å²) in [6.07, 6.45) is 0. The van der Waals surface area contributed by atoms with E-state index in [4.69, 9.17) is 14.4 Å². The molecule has 0 aromatic carbocycles. The fourth-order valence-electron chi connectivity index (χ4n) is 0.339. The molecule has 10 heteroatoms. The zero-order valence-electron chi connectivity index (χ0n) is 6.88. The van der Waals surface area contributed by atoms with Crippen LogP contribution in [0, 0.1) is 0 Å². The lowest BCUT2D eigenvalue weighted by atomic mass is 10.6. The second-order valence-corrected chi connectivity index (χ2v) is 4.54. The molecule has 0 aromatic heterocycles. The molecule has 0 radical (unpaired) electrons. The van der Waals surface area contributed by atoms with E-state index in [1.807, 2.05) is 0 Å². The highest BCUT2D eigenvalue weighted by molar-refractivity contribution is 8.11. The molecule has 4 N–H and O–H groups in total. The molecule has 0 aliphatic carbocycles. The molecule has 0 saturated carbocycles. The highest BCUT2D eigenvalue weighted by atomic mass is 32.1. The molecule has 0 atom stereocenters. The first-order valence-electron chi connectivity index (χ1n) is 3.15. The molecule has 0 bridgehead atoms. The Labute approximate surface area is 104 Å². The predicted octanol–water partition coefficient (Wildman–Crippen LogP) is 0.223. The molecule has 0 aliphatic rings. The summed E-state index contributed by atoms with van der Waals surface area (Å²) < 4.78 is 9.69. The van der Waals surface area contributed by atoms with E-state index in [9.17, 15) is 0 Å². The van der Waals surface area contributed by atoms with E-state index >= 15 is 0 Å². The van der Waals surface area contributed by atoms with Crippen LogP contribution >= 0.6 is 57.9 Å². The van der Waals surface area contributed by atoms with Gasteiger partial charge in [-0.15, -0.1) is 35.0 Å². The maximum absolute atomic E-state index is 8.70. The average molecular weight is 293 g/mol. The van der Waals surface area contributed by atoms with Gasteiger partial charge in [0.05, 0.1) is 0 Å². The number of hydrogen-bond acceptors (Lipinski definition) is 3. The maximum Gasteiger partial charge on any atom is 0.692 e. The molecule has 0 spiro atoms. The van der Waals surface area contributed by atoms with Gasteiger partial charge >= 0.3 is 8.25 Å². The molecule has 0 rings (SSSR count). The number of thiocarbonyl (C=S) groups is 2. The molecule has 0 unspecified atom stereocenters. The number of hydrogen-bond donors (Lipinski definition) is 6. The van der Waals surface area contributed by atoms with Crippen LogP contribution in [-0.4, -0.2) is 31.5 Å².